The zero-order chi connectivity index (χ0) is 13.1. The highest BCUT2D eigenvalue weighted by atomic mass is 79.9. The Kier molecular flexibility index (Phi) is 4.19. The first-order valence-electron chi connectivity index (χ1n) is 6.16. The van der Waals surface area contributed by atoms with Crippen molar-refractivity contribution in [3.05, 3.63) is 46.5 Å². The van der Waals surface area contributed by atoms with Crippen molar-refractivity contribution in [2.75, 3.05) is 6.54 Å². The SMILES string of the molecule is CCNC(C)c1ccc(-n2ccnc2C)cc1Br. The first-order valence-corrected chi connectivity index (χ1v) is 6.96. The lowest BCUT2D eigenvalue weighted by molar-refractivity contribution is 0.596. The Morgan fingerprint density at radius 2 is 2.22 bits per heavy atom. The van der Waals surface area contributed by atoms with Gasteiger partial charge >= 0.3 is 0 Å². The van der Waals surface area contributed by atoms with E-state index in [-0.39, 0.29) is 0 Å². The Morgan fingerprint density at radius 1 is 1.44 bits per heavy atom. The number of nitrogens with one attached hydrogen (secondary N) is 1. The van der Waals surface area contributed by atoms with Gasteiger partial charge in [0.1, 0.15) is 5.82 Å². The molecule has 0 bridgehead atoms. The monoisotopic (exact) mass is 307 g/mol. The predicted molar refractivity (Wildman–Crippen MR) is 78.1 cm³/mol. The van der Waals surface area contributed by atoms with Crippen LogP contribution >= 0.6 is 15.9 Å². The Morgan fingerprint density at radius 3 is 2.78 bits per heavy atom. The minimum Gasteiger partial charge on any atom is -0.310 e. The molecule has 0 saturated heterocycles. The van der Waals surface area contributed by atoms with Crippen LogP contribution in [0.3, 0.4) is 0 Å². The molecular weight excluding hydrogens is 290 g/mol. The molecule has 1 atom stereocenters. The Bertz CT molecular complexity index is 534. The van der Waals surface area contributed by atoms with Crippen LogP contribution in [0.5, 0.6) is 0 Å². The molecule has 0 spiro atoms. The molecule has 1 heterocycles. The van der Waals surface area contributed by atoms with Crippen LogP contribution in [-0.4, -0.2) is 16.1 Å². The number of aromatic nitrogens is 2. The van der Waals surface area contributed by atoms with Gasteiger partial charge in [-0.3, -0.25) is 0 Å². The summed E-state index contributed by atoms with van der Waals surface area (Å²) in [4.78, 5) is 4.24. The molecular formula is C14H18BrN3. The topological polar surface area (TPSA) is 29.9 Å². The van der Waals surface area contributed by atoms with Gasteiger partial charge in [-0.05, 0) is 38.1 Å². The normalized spacial score (nSPS) is 12.7. The van der Waals surface area contributed by atoms with E-state index in [0.717, 1.165) is 22.5 Å². The molecule has 18 heavy (non-hydrogen) atoms. The fraction of sp³-hybridized carbons (Fsp3) is 0.357. The van der Waals surface area contributed by atoms with E-state index in [2.05, 4.69) is 62.8 Å². The Balaban J connectivity index is 2.33. The number of benzene rings is 1. The van der Waals surface area contributed by atoms with Crippen molar-refractivity contribution in [1.29, 1.82) is 0 Å². The van der Waals surface area contributed by atoms with Gasteiger partial charge in [0.25, 0.3) is 0 Å². The predicted octanol–water partition coefficient (Wildman–Crippen LogP) is 3.61. The summed E-state index contributed by atoms with van der Waals surface area (Å²) in [5.74, 6) is 0.995. The van der Waals surface area contributed by atoms with Gasteiger partial charge in [-0.15, -0.1) is 0 Å². The van der Waals surface area contributed by atoms with Gasteiger partial charge in [0.2, 0.25) is 0 Å². The lowest BCUT2D eigenvalue weighted by atomic mass is 10.1. The van der Waals surface area contributed by atoms with E-state index in [1.54, 1.807) is 0 Å². The van der Waals surface area contributed by atoms with E-state index in [1.807, 2.05) is 19.3 Å². The first-order chi connectivity index (χ1) is 8.63. The second-order valence-electron chi connectivity index (χ2n) is 4.33. The molecule has 1 aromatic carbocycles. The van der Waals surface area contributed by atoms with Crippen molar-refractivity contribution in [3.8, 4) is 5.69 Å². The van der Waals surface area contributed by atoms with Crippen LogP contribution in [0.4, 0.5) is 0 Å². The van der Waals surface area contributed by atoms with Crippen LogP contribution in [0.1, 0.15) is 31.3 Å². The highest BCUT2D eigenvalue weighted by molar-refractivity contribution is 9.10. The van der Waals surface area contributed by atoms with Crippen molar-refractivity contribution in [1.82, 2.24) is 14.9 Å². The molecule has 1 aromatic heterocycles. The summed E-state index contributed by atoms with van der Waals surface area (Å²) >= 11 is 3.65. The second kappa shape index (κ2) is 5.67. The van der Waals surface area contributed by atoms with E-state index in [9.17, 15) is 0 Å². The quantitative estimate of drug-likeness (QED) is 0.935. The summed E-state index contributed by atoms with van der Waals surface area (Å²) in [6.07, 6.45) is 3.79. The van der Waals surface area contributed by atoms with Gasteiger partial charge in [0, 0.05) is 28.6 Å². The number of imidazole rings is 1. The molecule has 4 heteroatoms. The van der Waals surface area contributed by atoms with Crippen molar-refractivity contribution in [2.24, 2.45) is 0 Å². The summed E-state index contributed by atoms with van der Waals surface area (Å²) in [6.45, 7) is 7.26. The highest BCUT2D eigenvalue weighted by Gasteiger charge is 2.09. The number of rotatable bonds is 4. The maximum absolute atomic E-state index is 4.24. The highest BCUT2D eigenvalue weighted by Crippen LogP contribution is 2.26. The van der Waals surface area contributed by atoms with E-state index in [4.69, 9.17) is 0 Å². The van der Waals surface area contributed by atoms with Gasteiger partial charge in [-0.25, -0.2) is 4.98 Å². The molecule has 0 aliphatic heterocycles. The number of aryl methyl sites for hydroxylation is 1. The maximum atomic E-state index is 4.24. The van der Waals surface area contributed by atoms with Crippen LogP contribution < -0.4 is 5.32 Å². The molecule has 2 aromatic rings. The Labute approximate surface area is 116 Å². The largest absolute Gasteiger partial charge is 0.310 e. The van der Waals surface area contributed by atoms with Gasteiger partial charge in [-0.1, -0.05) is 28.9 Å². The van der Waals surface area contributed by atoms with Crippen molar-refractivity contribution < 1.29 is 0 Å². The number of nitrogens with zero attached hydrogens (tertiary/aromatic N) is 2. The summed E-state index contributed by atoms with van der Waals surface area (Å²) in [5.41, 5.74) is 2.41. The van der Waals surface area contributed by atoms with Gasteiger partial charge in [-0.2, -0.15) is 0 Å². The molecule has 0 aliphatic rings. The van der Waals surface area contributed by atoms with Gasteiger partial charge < -0.3 is 9.88 Å². The zero-order valence-corrected chi connectivity index (χ0v) is 12.5. The standard InChI is InChI=1S/C14H18BrN3/c1-4-16-10(2)13-6-5-12(9-14(13)15)18-8-7-17-11(18)3/h5-10,16H,4H2,1-3H3. The molecule has 0 fully saturated rings. The molecule has 0 saturated carbocycles. The number of hydrogen-bond acceptors (Lipinski definition) is 2. The van der Waals surface area contributed by atoms with Crippen LogP contribution in [0, 0.1) is 6.92 Å². The smallest absolute Gasteiger partial charge is 0.110 e. The lowest BCUT2D eigenvalue weighted by Gasteiger charge is -2.16. The number of halogens is 1. The van der Waals surface area contributed by atoms with Crippen molar-refractivity contribution in [3.63, 3.8) is 0 Å². The Hall–Kier alpha value is -1.13. The molecule has 96 valence electrons. The van der Waals surface area contributed by atoms with E-state index in [1.165, 1.54) is 5.56 Å². The second-order valence-corrected chi connectivity index (χ2v) is 5.18. The van der Waals surface area contributed by atoms with Crippen molar-refractivity contribution in [2.45, 2.75) is 26.8 Å². The molecule has 3 nitrogen and oxygen atoms in total. The van der Waals surface area contributed by atoms with Crippen LogP contribution in [0.25, 0.3) is 5.69 Å². The summed E-state index contributed by atoms with van der Waals surface area (Å²) in [7, 11) is 0. The van der Waals surface area contributed by atoms with Crippen LogP contribution in [0.15, 0.2) is 35.1 Å². The summed E-state index contributed by atoms with van der Waals surface area (Å²) < 4.78 is 3.20. The summed E-state index contributed by atoms with van der Waals surface area (Å²) in [5, 5.41) is 3.42. The van der Waals surface area contributed by atoms with Crippen molar-refractivity contribution >= 4 is 15.9 Å². The van der Waals surface area contributed by atoms with Crippen LogP contribution in [-0.2, 0) is 0 Å². The van der Waals surface area contributed by atoms with Gasteiger partial charge in [0.05, 0.1) is 0 Å². The molecule has 2 rings (SSSR count). The minimum absolute atomic E-state index is 0.349. The molecule has 1 N–H and O–H groups in total. The van der Waals surface area contributed by atoms with Crippen LogP contribution in [0.2, 0.25) is 0 Å². The third kappa shape index (κ3) is 2.65. The third-order valence-electron chi connectivity index (χ3n) is 3.06. The summed E-state index contributed by atoms with van der Waals surface area (Å²) in [6, 6.07) is 6.77. The average Bonchev–Trinajstić information content (AvgIpc) is 2.75. The zero-order valence-electron chi connectivity index (χ0n) is 10.9. The molecule has 1 unspecified atom stereocenters. The maximum Gasteiger partial charge on any atom is 0.110 e. The van der Waals surface area contributed by atoms with E-state index in [0.29, 0.717) is 6.04 Å². The van der Waals surface area contributed by atoms with Gasteiger partial charge in [0.15, 0.2) is 0 Å². The number of hydrogen-bond donors (Lipinski definition) is 1. The fourth-order valence-electron chi connectivity index (χ4n) is 2.08. The molecule has 0 amide bonds. The fourth-order valence-corrected chi connectivity index (χ4v) is 2.79. The van der Waals surface area contributed by atoms with E-state index < -0.39 is 0 Å². The lowest BCUT2D eigenvalue weighted by Crippen LogP contribution is -2.18. The minimum atomic E-state index is 0.349. The third-order valence-corrected chi connectivity index (χ3v) is 3.75. The molecule has 0 radical (unpaired) electrons. The average molecular weight is 308 g/mol. The van der Waals surface area contributed by atoms with E-state index >= 15 is 0 Å². The first kappa shape index (κ1) is 13.3. The molecule has 0 aliphatic carbocycles.